The fourth-order valence-electron chi connectivity index (χ4n) is 3.74. The van der Waals surface area contributed by atoms with E-state index in [-0.39, 0.29) is 10.9 Å². The van der Waals surface area contributed by atoms with Gasteiger partial charge >= 0.3 is 0 Å². The van der Waals surface area contributed by atoms with Crippen LogP contribution < -0.4 is 9.62 Å². The van der Waals surface area contributed by atoms with Gasteiger partial charge in [-0.25, -0.2) is 13.1 Å². The van der Waals surface area contributed by atoms with Gasteiger partial charge in [0.25, 0.3) is 0 Å². The monoisotopic (exact) mass is 403 g/mol. The van der Waals surface area contributed by atoms with E-state index >= 15 is 0 Å². The summed E-state index contributed by atoms with van der Waals surface area (Å²) in [5.74, 6) is 0. The van der Waals surface area contributed by atoms with Crippen LogP contribution in [0.25, 0.3) is 0 Å². The van der Waals surface area contributed by atoms with E-state index in [1.807, 2.05) is 36.4 Å². The molecule has 1 heterocycles. The van der Waals surface area contributed by atoms with Crippen molar-refractivity contribution in [1.29, 1.82) is 5.26 Å². The van der Waals surface area contributed by atoms with Gasteiger partial charge in [0.15, 0.2) is 0 Å². The van der Waals surface area contributed by atoms with Crippen LogP contribution in [-0.2, 0) is 23.0 Å². The topological polar surface area (TPSA) is 73.2 Å². The van der Waals surface area contributed by atoms with Crippen LogP contribution in [0.2, 0.25) is 0 Å². The SMILES string of the molecule is N#Cc1ccc2c(c1)CC(NS(=O)(=O)c1ccccc1)CN2Cc1ccccc1. The molecule has 0 saturated heterocycles. The molecular weight excluding hydrogens is 382 g/mol. The number of rotatable bonds is 5. The van der Waals surface area contributed by atoms with Crippen LogP contribution in [0.4, 0.5) is 5.69 Å². The predicted molar refractivity (Wildman–Crippen MR) is 113 cm³/mol. The Morgan fingerprint density at radius 2 is 1.69 bits per heavy atom. The summed E-state index contributed by atoms with van der Waals surface area (Å²) in [6.07, 6.45) is 0.544. The van der Waals surface area contributed by atoms with Gasteiger partial charge in [0.2, 0.25) is 10.0 Å². The average Bonchev–Trinajstić information content (AvgIpc) is 2.74. The van der Waals surface area contributed by atoms with Crippen LogP contribution in [0.5, 0.6) is 0 Å². The molecule has 4 rings (SSSR count). The minimum absolute atomic E-state index is 0.256. The molecule has 0 aromatic heterocycles. The van der Waals surface area contributed by atoms with E-state index in [0.717, 1.165) is 16.8 Å². The summed E-state index contributed by atoms with van der Waals surface area (Å²) in [4.78, 5) is 2.43. The molecule has 1 aliphatic heterocycles. The number of sulfonamides is 1. The fraction of sp³-hybridized carbons (Fsp3) is 0.174. The molecule has 3 aromatic carbocycles. The summed E-state index contributed by atoms with van der Waals surface area (Å²) in [6.45, 7) is 1.23. The Hall–Kier alpha value is -3.14. The van der Waals surface area contributed by atoms with Gasteiger partial charge in [-0.2, -0.15) is 5.26 Å². The molecular formula is C23H21N3O2S. The summed E-state index contributed by atoms with van der Waals surface area (Å²) >= 11 is 0. The smallest absolute Gasteiger partial charge is 0.240 e. The highest BCUT2D eigenvalue weighted by Gasteiger charge is 2.28. The summed E-state index contributed by atoms with van der Waals surface area (Å²) in [7, 11) is -3.62. The van der Waals surface area contributed by atoms with Gasteiger partial charge in [0.05, 0.1) is 16.5 Å². The number of anilines is 1. The second kappa shape index (κ2) is 8.08. The largest absolute Gasteiger partial charge is 0.365 e. The van der Waals surface area contributed by atoms with Crippen molar-refractivity contribution < 1.29 is 8.42 Å². The molecule has 0 bridgehead atoms. The summed E-state index contributed by atoms with van der Waals surface area (Å²) in [5.41, 5.74) is 3.75. The first-order chi connectivity index (χ1) is 14.0. The normalized spacial score (nSPS) is 16.1. The highest BCUT2D eigenvalue weighted by atomic mass is 32.2. The number of nitrogens with zero attached hydrogens (tertiary/aromatic N) is 2. The van der Waals surface area contributed by atoms with Crippen LogP contribution >= 0.6 is 0 Å². The van der Waals surface area contributed by atoms with Gasteiger partial charge in [-0.05, 0) is 47.9 Å². The van der Waals surface area contributed by atoms with Gasteiger partial charge in [0.1, 0.15) is 0 Å². The van der Waals surface area contributed by atoms with Gasteiger partial charge in [-0.3, -0.25) is 0 Å². The molecule has 0 saturated carbocycles. The molecule has 1 unspecified atom stereocenters. The summed E-state index contributed by atoms with van der Waals surface area (Å²) in [5, 5.41) is 9.27. The first kappa shape index (κ1) is 19.2. The number of benzene rings is 3. The molecule has 1 atom stereocenters. The molecule has 0 spiro atoms. The number of fused-ring (bicyclic) bond motifs is 1. The van der Waals surface area contributed by atoms with Crippen molar-refractivity contribution in [2.24, 2.45) is 0 Å². The van der Waals surface area contributed by atoms with E-state index in [0.29, 0.717) is 25.1 Å². The molecule has 0 fully saturated rings. The Kier molecular flexibility index (Phi) is 5.34. The summed E-state index contributed by atoms with van der Waals surface area (Å²) in [6, 6.07) is 26.0. The van der Waals surface area contributed by atoms with Crippen LogP contribution in [0, 0.1) is 11.3 Å². The van der Waals surface area contributed by atoms with Gasteiger partial charge < -0.3 is 4.90 Å². The average molecular weight is 404 g/mol. The molecule has 0 radical (unpaired) electrons. The standard InChI is InChI=1S/C23H21N3O2S/c24-15-19-11-12-23-20(13-19)14-21(17-26(23)16-18-7-3-1-4-8-18)25-29(27,28)22-9-5-2-6-10-22/h1-13,21,25H,14,16-17H2. The number of hydrogen-bond donors (Lipinski definition) is 1. The zero-order chi connectivity index (χ0) is 20.3. The molecule has 5 nitrogen and oxygen atoms in total. The lowest BCUT2D eigenvalue weighted by molar-refractivity contribution is 0.524. The third-order valence-electron chi connectivity index (χ3n) is 5.05. The van der Waals surface area contributed by atoms with E-state index in [9.17, 15) is 13.7 Å². The zero-order valence-electron chi connectivity index (χ0n) is 15.8. The van der Waals surface area contributed by atoms with Crippen molar-refractivity contribution in [2.45, 2.75) is 23.9 Å². The second-order valence-electron chi connectivity index (χ2n) is 7.16. The first-order valence-corrected chi connectivity index (χ1v) is 10.9. The highest BCUT2D eigenvalue weighted by molar-refractivity contribution is 7.89. The lowest BCUT2D eigenvalue weighted by Crippen LogP contribution is -2.48. The molecule has 6 heteroatoms. The lowest BCUT2D eigenvalue weighted by atomic mass is 9.96. The Bertz CT molecular complexity index is 1140. The Morgan fingerprint density at radius 3 is 2.38 bits per heavy atom. The number of hydrogen-bond acceptors (Lipinski definition) is 4. The van der Waals surface area contributed by atoms with Crippen molar-refractivity contribution in [3.63, 3.8) is 0 Å². The third-order valence-corrected chi connectivity index (χ3v) is 6.58. The maximum Gasteiger partial charge on any atom is 0.240 e. The molecule has 1 N–H and O–H groups in total. The Balaban J connectivity index is 1.64. The van der Waals surface area contributed by atoms with Crippen LogP contribution in [0.1, 0.15) is 16.7 Å². The minimum atomic E-state index is -3.62. The van der Waals surface area contributed by atoms with Crippen LogP contribution in [0.15, 0.2) is 83.8 Å². The maximum atomic E-state index is 12.8. The number of nitriles is 1. The van der Waals surface area contributed by atoms with Crippen molar-refractivity contribution >= 4 is 15.7 Å². The minimum Gasteiger partial charge on any atom is -0.365 e. The van der Waals surface area contributed by atoms with Crippen molar-refractivity contribution in [3.8, 4) is 6.07 Å². The number of nitrogens with one attached hydrogen (secondary N) is 1. The van der Waals surface area contributed by atoms with Crippen LogP contribution in [0.3, 0.4) is 0 Å². The van der Waals surface area contributed by atoms with Crippen LogP contribution in [-0.4, -0.2) is 21.0 Å². The first-order valence-electron chi connectivity index (χ1n) is 9.44. The van der Waals surface area contributed by atoms with E-state index in [4.69, 9.17) is 0 Å². The lowest BCUT2D eigenvalue weighted by Gasteiger charge is -2.36. The summed E-state index contributed by atoms with van der Waals surface area (Å²) < 4.78 is 28.5. The van der Waals surface area contributed by atoms with Crippen molar-refractivity contribution in [3.05, 3.63) is 95.6 Å². The van der Waals surface area contributed by atoms with E-state index < -0.39 is 10.0 Å². The van der Waals surface area contributed by atoms with Gasteiger partial charge in [-0.1, -0.05) is 48.5 Å². The van der Waals surface area contributed by atoms with Crippen molar-refractivity contribution in [1.82, 2.24) is 4.72 Å². The van der Waals surface area contributed by atoms with Gasteiger partial charge in [-0.15, -0.1) is 0 Å². The van der Waals surface area contributed by atoms with Crippen molar-refractivity contribution in [2.75, 3.05) is 11.4 Å². The quantitative estimate of drug-likeness (QED) is 0.708. The fourth-order valence-corrected chi connectivity index (χ4v) is 4.99. The molecule has 29 heavy (non-hydrogen) atoms. The highest BCUT2D eigenvalue weighted by Crippen LogP contribution is 2.30. The maximum absolute atomic E-state index is 12.8. The Labute approximate surface area is 171 Å². The Morgan fingerprint density at radius 1 is 1.00 bits per heavy atom. The molecule has 3 aromatic rings. The molecule has 0 amide bonds. The second-order valence-corrected chi connectivity index (χ2v) is 8.87. The third kappa shape index (κ3) is 4.32. The van der Waals surface area contributed by atoms with E-state index in [1.165, 1.54) is 0 Å². The molecule has 146 valence electrons. The van der Waals surface area contributed by atoms with Gasteiger partial charge in [0, 0.05) is 24.8 Å². The zero-order valence-corrected chi connectivity index (χ0v) is 16.6. The molecule has 0 aliphatic carbocycles. The predicted octanol–water partition coefficient (Wildman–Crippen LogP) is 3.47. The van der Waals surface area contributed by atoms with E-state index in [2.05, 4.69) is 27.8 Å². The van der Waals surface area contributed by atoms with E-state index in [1.54, 1.807) is 30.3 Å². The molecule has 1 aliphatic rings.